The lowest BCUT2D eigenvalue weighted by molar-refractivity contribution is -0.143. The number of fused-ring (bicyclic) bond motifs is 1. The summed E-state index contributed by atoms with van der Waals surface area (Å²) in [7, 11) is 0. The van der Waals surface area contributed by atoms with Crippen LogP contribution in [-0.4, -0.2) is 48.3 Å². The maximum Gasteiger partial charge on any atom is 0.307 e. The summed E-state index contributed by atoms with van der Waals surface area (Å²) >= 11 is 6.32. The third-order valence-electron chi connectivity index (χ3n) is 5.80. The number of halogens is 1. The van der Waals surface area contributed by atoms with E-state index in [1.807, 2.05) is 50.2 Å². The Kier molecular flexibility index (Phi) is 8.86. The fourth-order valence-corrected chi connectivity index (χ4v) is 4.46. The van der Waals surface area contributed by atoms with Gasteiger partial charge < -0.3 is 19.3 Å². The fourth-order valence-electron chi connectivity index (χ4n) is 4.21. The van der Waals surface area contributed by atoms with Gasteiger partial charge in [0.15, 0.2) is 0 Å². The van der Waals surface area contributed by atoms with Crippen molar-refractivity contribution in [3.63, 3.8) is 0 Å². The minimum Gasteiger partial charge on any atom is -0.489 e. The minimum absolute atomic E-state index is 0. The number of nitrogens with zero attached hydrogens (tertiary/aromatic N) is 1. The molecule has 184 valence electrons. The van der Waals surface area contributed by atoms with Crippen molar-refractivity contribution in [2.75, 3.05) is 26.2 Å². The van der Waals surface area contributed by atoms with Gasteiger partial charge in [-0.3, -0.25) is 9.69 Å². The van der Waals surface area contributed by atoms with Crippen LogP contribution in [0.1, 0.15) is 45.2 Å². The lowest BCUT2D eigenvalue weighted by atomic mass is 9.97. The summed E-state index contributed by atoms with van der Waals surface area (Å²) in [6.45, 7) is 7.08. The molecule has 0 saturated carbocycles. The van der Waals surface area contributed by atoms with Crippen LogP contribution in [0.25, 0.3) is 6.08 Å². The normalized spacial score (nSPS) is 17.8. The van der Waals surface area contributed by atoms with Crippen LogP contribution in [0, 0.1) is 5.92 Å². The number of likely N-dealkylation sites (tertiary alicyclic amines) is 1. The molecule has 0 amide bonds. The number of carboxylic acid groups (broad SMARTS) is 1. The summed E-state index contributed by atoms with van der Waals surface area (Å²) in [5, 5.41) is 9.87. The number of carboxylic acids is 1. The maximum absolute atomic E-state index is 11.3. The molecule has 2 aliphatic heterocycles. The van der Waals surface area contributed by atoms with E-state index < -0.39 is 5.97 Å². The van der Waals surface area contributed by atoms with E-state index in [0.717, 1.165) is 54.1 Å². The molecule has 7 heteroatoms. The van der Waals surface area contributed by atoms with Crippen LogP contribution in [0.15, 0.2) is 42.0 Å². The molecule has 2 aromatic rings. The van der Waals surface area contributed by atoms with Gasteiger partial charge >= 0.3 is 5.97 Å². The molecule has 1 atom stereocenters. The van der Waals surface area contributed by atoms with E-state index in [-0.39, 0.29) is 19.4 Å². The molecule has 0 aliphatic carbocycles. The Morgan fingerprint density at radius 3 is 2.82 bits per heavy atom. The average molecular weight is 488 g/mol. The van der Waals surface area contributed by atoms with Gasteiger partial charge in [-0.1, -0.05) is 25.1 Å². The van der Waals surface area contributed by atoms with Gasteiger partial charge in [0, 0.05) is 24.7 Å². The second-order valence-electron chi connectivity index (χ2n) is 8.92. The van der Waals surface area contributed by atoms with Crippen molar-refractivity contribution in [2.45, 2.75) is 46.8 Å². The molecule has 1 saturated heterocycles. The molecule has 6 nitrogen and oxygen atoms in total. The van der Waals surface area contributed by atoms with Crippen molar-refractivity contribution < 1.29 is 24.1 Å². The first-order valence-electron chi connectivity index (χ1n) is 11.4. The van der Waals surface area contributed by atoms with Crippen LogP contribution >= 0.6 is 11.6 Å². The van der Waals surface area contributed by atoms with Crippen molar-refractivity contribution in [1.82, 2.24) is 4.90 Å². The largest absolute Gasteiger partial charge is 0.489 e. The van der Waals surface area contributed by atoms with Crippen molar-refractivity contribution in [3.8, 4) is 17.2 Å². The number of hydrogen-bond donors (Lipinski definition) is 1. The first-order chi connectivity index (χ1) is 15.9. The van der Waals surface area contributed by atoms with Crippen molar-refractivity contribution in [3.05, 3.63) is 58.1 Å². The molecule has 4 rings (SSSR count). The summed E-state index contributed by atoms with van der Waals surface area (Å²) in [6.07, 6.45) is 3.88. The Balaban J connectivity index is 0.00000324. The Morgan fingerprint density at radius 1 is 1.26 bits per heavy atom. The van der Waals surface area contributed by atoms with E-state index in [0.29, 0.717) is 30.5 Å². The van der Waals surface area contributed by atoms with Crippen LogP contribution in [0.2, 0.25) is 5.02 Å². The molecular weight excluding hydrogens is 454 g/mol. The number of rotatable bonds is 8. The standard InChI is InChI=1S/C26H30ClNO5.CH4/c1-17(2)33-24-8-5-18(11-23(24)27)15-31-22-7-6-20-10-19(16-32-25(20)12-22)13-28-9-3-4-21(14-28)26(29)30;/h5-8,10-12,17,21H,3-4,9,13-16H2,1-2H3,(H,29,30);1H4/t21-;/m0./s1. The maximum atomic E-state index is 11.3. The minimum atomic E-state index is -0.700. The van der Waals surface area contributed by atoms with Gasteiger partial charge in [-0.15, -0.1) is 0 Å². The van der Waals surface area contributed by atoms with E-state index in [1.165, 1.54) is 0 Å². The molecule has 0 radical (unpaired) electrons. The third-order valence-corrected chi connectivity index (χ3v) is 6.10. The zero-order chi connectivity index (χ0) is 23.4. The van der Waals surface area contributed by atoms with Crippen LogP contribution in [0.4, 0.5) is 0 Å². The van der Waals surface area contributed by atoms with Crippen molar-refractivity contribution in [2.24, 2.45) is 5.92 Å². The number of carbonyl (C=O) groups is 1. The molecule has 0 unspecified atom stereocenters. The number of benzene rings is 2. The number of ether oxygens (including phenoxy) is 3. The molecule has 0 aromatic heterocycles. The molecule has 1 fully saturated rings. The van der Waals surface area contributed by atoms with Gasteiger partial charge in [0.2, 0.25) is 0 Å². The Bertz CT molecular complexity index is 1040. The SMILES string of the molecule is C.CC(C)Oc1ccc(COc2ccc3c(c2)OCC(CN2CCC[C@H](C(=O)O)C2)=C3)cc1Cl. The first kappa shape index (κ1) is 25.9. The highest BCUT2D eigenvalue weighted by Gasteiger charge is 2.26. The molecule has 1 N–H and O–H groups in total. The zero-order valence-corrected chi connectivity index (χ0v) is 19.8. The summed E-state index contributed by atoms with van der Waals surface area (Å²) in [5.74, 6) is 1.21. The summed E-state index contributed by atoms with van der Waals surface area (Å²) in [6, 6.07) is 11.5. The van der Waals surface area contributed by atoms with Crippen LogP contribution in [0.5, 0.6) is 17.2 Å². The summed E-state index contributed by atoms with van der Waals surface area (Å²) in [4.78, 5) is 13.5. The molecule has 0 spiro atoms. The smallest absolute Gasteiger partial charge is 0.307 e. The fraction of sp³-hybridized carbons (Fsp3) is 0.444. The lowest BCUT2D eigenvalue weighted by Gasteiger charge is -2.32. The average Bonchev–Trinajstić information content (AvgIpc) is 2.79. The van der Waals surface area contributed by atoms with E-state index in [1.54, 1.807) is 0 Å². The van der Waals surface area contributed by atoms with Gasteiger partial charge in [-0.05, 0) is 74.7 Å². The van der Waals surface area contributed by atoms with Gasteiger partial charge in [-0.2, -0.15) is 0 Å². The van der Waals surface area contributed by atoms with E-state index in [4.69, 9.17) is 25.8 Å². The highest BCUT2D eigenvalue weighted by Crippen LogP contribution is 2.32. The zero-order valence-electron chi connectivity index (χ0n) is 19.1. The molecule has 2 aliphatic rings. The van der Waals surface area contributed by atoms with Gasteiger partial charge in [0.25, 0.3) is 0 Å². The molecule has 2 aromatic carbocycles. The predicted octanol–water partition coefficient (Wildman–Crippen LogP) is 5.91. The van der Waals surface area contributed by atoms with E-state index in [9.17, 15) is 9.90 Å². The van der Waals surface area contributed by atoms with Crippen LogP contribution in [-0.2, 0) is 11.4 Å². The summed E-state index contributed by atoms with van der Waals surface area (Å²) in [5.41, 5.74) is 3.12. The van der Waals surface area contributed by atoms with E-state index in [2.05, 4.69) is 11.0 Å². The van der Waals surface area contributed by atoms with E-state index >= 15 is 0 Å². The van der Waals surface area contributed by atoms with Gasteiger partial charge in [-0.25, -0.2) is 0 Å². The number of hydrogen-bond acceptors (Lipinski definition) is 5. The highest BCUT2D eigenvalue weighted by atomic mass is 35.5. The third kappa shape index (κ3) is 6.67. The predicted molar refractivity (Wildman–Crippen MR) is 135 cm³/mol. The topological polar surface area (TPSA) is 68.2 Å². The van der Waals surface area contributed by atoms with Crippen molar-refractivity contribution >= 4 is 23.6 Å². The second-order valence-corrected chi connectivity index (χ2v) is 9.33. The molecular formula is C27H34ClNO5. The Labute approximate surface area is 207 Å². The number of piperidine rings is 1. The molecule has 34 heavy (non-hydrogen) atoms. The lowest BCUT2D eigenvalue weighted by Crippen LogP contribution is -2.40. The first-order valence-corrected chi connectivity index (χ1v) is 11.7. The monoisotopic (exact) mass is 487 g/mol. The van der Waals surface area contributed by atoms with Crippen LogP contribution in [0.3, 0.4) is 0 Å². The molecule has 0 bridgehead atoms. The van der Waals surface area contributed by atoms with Crippen molar-refractivity contribution in [1.29, 1.82) is 0 Å². The number of aliphatic carboxylic acids is 1. The Morgan fingerprint density at radius 2 is 2.09 bits per heavy atom. The van der Waals surface area contributed by atoms with Gasteiger partial charge in [0.1, 0.15) is 30.5 Å². The second kappa shape index (κ2) is 11.6. The molecule has 2 heterocycles. The quantitative estimate of drug-likeness (QED) is 0.499. The summed E-state index contributed by atoms with van der Waals surface area (Å²) < 4.78 is 17.6. The Hall–Kier alpha value is -2.70. The van der Waals surface area contributed by atoms with Crippen LogP contribution < -0.4 is 14.2 Å². The highest BCUT2D eigenvalue weighted by molar-refractivity contribution is 6.32. The van der Waals surface area contributed by atoms with Gasteiger partial charge in [0.05, 0.1) is 17.0 Å².